The van der Waals surface area contributed by atoms with E-state index in [4.69, 9.17) is 18.9 Å². The second kappa shape index (κ2) is 14.6. The molecule has 0 aliphatic carbocycles. The molecule has 4 rings (SSSR count). The van der Waals surface area contributed by atoms with E-state index in [9.17, 15) is 0 Å². The number of rotatable bonds is 15. The van der Waals surface area contributed by atoms with Crippen molar-refractivity contribution >= 4 is 0 Å². The van der Waals surface area contributed by atoms with Crippen LogP contribution in [0.5, 0.6) is 23.0 Å². The monoisotopic (exact) mass is 524 g/mol. The Bertz CT molecular complexity index is 918. The molecule has 2 atom stereocenters. The molecule has 2 aliphatic heterocycles. The Morgan fingerprint density at radius 2 is 1.00 bits per heavy atom. The molecule has 0 bridgehead atoms. The average molecular weight is 525 g/mol. The van der Waals surface area contributed by atoms with Gasteiger partial charge in [0.05, 0.1) is 28.4 Å². The van der Waals surface area contributed by atoms with Crippen LogP contribution in [-0.2, 0) is 12.8 Å². The molecule has 0 amide bonds. The van der Waals surface area contributed by atoms with Crippen LogP contribution in [-0.4, -0.2) is 76.5 Å². The predicted octanol–water partition coefficient (Wildman–Crippen LogP) is 6.00. The van der Waals surface area contributed by atoms with Gasteiger partial charge in [-0.1, -0.05) is 25.0 Å². The molecule has 2 fully saturated rings. The molecule has 2 aromatic rings. The fourth-order valence-corrected chi connectivity index (χ4v) is 6.38. The first kappa shape index (κ1) is 28.6. The van der Waals surface area contributed by atoms with Gasteiger partial charge in [0.25, 0.3) is 0 Å². The Morgan fingerprint density at radius 3 is 1.39 bits per heavy atom. The van der Waals surface area contributed by atoms with Crippen molar-refractivity contribution < 1.29 is 18.9 Å². The molecule has 0 saturated carbocycles. The molecule has 2 saturated heterocycles. The molecule has 2 aromatic carbocycles. The Hall–Kier alpha value is -2.44. The molecule has 6 nitrogen and oxygen atoms in total. The number of nitrogens with zero attached hydrogens (tertiary/aromatic N) is 2. The number of hydrogen-bond acceptors (Lipinski definition) is 6. The summed E-state index contributed by atoms with van der Waals surface area (Å²) in [5.41, 5.74) is 2.68. The first-order valence-electron chi connectivity index (χ1n) is 14.5. The molecule has 0 N–H and O–H groups in total. The second-order valence-electron chi connectivity index (χ2n) is 10.9. The summed E-state index contributed by atoms with van der Waals surface area (Å²) in [4.78, 5) is 5.44. The number of ether oxygens (including phenoxy) is 4. The highest BCUT2D eigenvalue weighted by atomic mass is 16.5. The van der Waals surface area contributed by atoms with Gasteiger partial charge in [-0.3, -0.25) is 0 Å². The van der Waals surface area contributed by atoms with Gasteiger partial charge in [0.15, 0.2) is 23.0 Å². The third kappa shape index (κ3) is 7.57. The van der Waals surface area contributed by atoms with E-state index in [0.717, 1.165) is 35.8 Å². The van der Waals surface area contributed by atoms with Gasteiger partial charge in [0.2, 0.25) is 0 Å². The van der Waals surface area contributed by atoms with Crippen LogP contribution in [0.3, 0.4) is 0 Å². The molecule has 2 heterocycles. The van der Waals surface area contributed by atoms with Gasteiger partial charge in [-0.2, -0.15) is 0 Å². The summed E-state index contributed by atoms with van der Waals surface area (Å²) in [6, 6.07) is 14.0. The Labute approximate surface area is 230 Å². The fraction of sp³-hybridized carbons (Fsp3) is 0.625. The van der Waals surface area contributed by atoms with Crippen molar-refractivity contribution in [2.24, 2.45) is 0 Å². The van der Waals surface area contributed by atoms with Gasteiger partial charge in [-0.25, -0.2) is 0 Å². The number of likely N-dealkylation sites (tertiary alicyclic amines) is 2. The first-order chi connectivity index (χ1) is 18.6. The van der Waals surface area contributed by atoms with Crippen LogP contribution in [0.15, 0.2) is 36.4 Å². The van der Waals surface area contributed by atoms with Crippen LogP contribution in [0.2, 0.25) is 0 Å². The normalized spacial score (nSPS) is 20.1. The van der Waals surface area contributed by atoms with Gasteiger partial charge >= 0.3 is 0 Å². The summed E-state index contributed by atoms with van der Waals surface area (Å²) in [5.74, 6) is 3.28. The highest BCUT2D eigenvalue weighted by Crippen LogP contribution is 2.31. The number of hydrogen-bond donors (Lipinski definition) is 0. The van der Waals surface area contributed by atoms with Crippen molar-refractivity contribution in [3.05, 3.63) is 47.5 Å². The lowest BCUT2D eigenvalue weighted by Gasteiger charge is -2.26. The number of methoxy groups -OCH3 is 4. The Morgan fingerprint density at radius 1 is 0.579 bits per heavy atom. The topological polar surface area (TPSA) is 43.4 Å². The molecule has 2 unspecified atom stereocenters. The van der Waals surface area contributed by atoms with Crippen LogP contribution in [0, 0.1) is 0 Å². The van der Waals surface area contributed by atoms with Gasteiger partial charge in [-0.15, -0.1) is 0 Å². The zero-order valence-corrected chi connectivity index (χ0v) is 24.0. The SMILES string of the molecule is COc1ccc(CC2CCCN2CCCCCCN2CCCC2Cc2ccc(OC)c(OC)c2)cc1OC. The number of unbranched alkanes of at least 4 members (excludes halogenated alkanes) is 3. The molecule has 0 spiro atoms. The molecule has 0 aromatic heterocycles. The van der Waals surface area contributed by atoms with Crippen molar-refractivity contribution in [3.63, 3.8) is 0 Å². The van der Waals surface area contributed by atoms with E-state index in [-0.39, 0.29) is 0 Å². The summed E-state index contributed by atoms with van der Waals surface area (Å²) in [5, 5.41) is 0. The smallest absolute Gasteiger partial charge is 0.160 e. The highest BCUT2D eigenvalue weighted by molar-refractivity contribution is 5.44. The van der Waals surface area contributed by atoms with Crippen LogP contribution in [0.4, 0.5) is 0 Å². The number of benzene rings is 2. The van der Waals surface area contributed by atoms with Crippen molar-refractivity contribution in [3.8, 4) is 23.0 Å². The van der Waals surface area contributed by atoms with Crippen LogP contribution in [0.1, 0.15) is 62.5 Å². The van der Waals surface area contributed by atoms with Crippen molar-refractivity contribution in [2.75, 3.05) is 54.6 Å². The minimum absolute atomic E-state index is 0.648. The third-order valence-electron chi connectivity index (χ3n) is 8.48. The van der Waals surface area contributed by atoms with Gasteiger partial charge < -0.3 is 28.7 Å². The summed E-state index contributed by atoms with van der Waals surface area (Å²) in [7, 11) is 6.82. The largest absolute Gasteiger partial charge is 0.493 e. The van der Waals surface area contributed by atoms with Crippen LogP contribution >= 0.6 is 0 Å². The molecule has 6 heteroatoms. The standard InChI is InChI=1S/C32H48N2O4/c1-35-29-15-13-25(23-31(29)37-3)21-27-11-9-19-33(27)17-7-5-6-8-18-34-20-10-12-28(34)22-26-14-16-30(36-2)32(24-26)38-4/h13-16,23-24,27-28H,5-12,17-22H2,1-4H3. The van der Waals surface area contributed by atoms with Gasteiger partial charge in [0.1, 0.15) is 0 Å². The Balaban J connectivity index is 1.15. The molecule has 0 radical (unpaired) electrons. The summed E-state index contributed by atoms with van der Waals surface area (Å²) in [6.07, 6.45) is 12.7. The lowest BCUT2D eigenvalue weighted by molar-refractivity contribution is 0.236. The maximum absolute atomic E-state index is 5.51. The van der Waals surface area contributed by atoms with Gasteiger partial charge in [-0.05, 0) is 113 Å². The first-order valence-corrected chi connectivity index (χ1v) is 14.5. The minimum atomic E-state index is 0.648. The Kier molecular flexibility index (Phi) is 11.0. The highest BCUT2D eigenvalue weighted by Gasteiger charge is 2.26. The van der Waals surface area contributed by atoms with E-state index in [1.807, 2.05) is 12.1 Å². The summed E-state index contributed by atoms with van der Waals surface area (Å²) >= 11 is 0. The summed E-state index contributed by atoms with van der Waals surface area (Å²) in [6.45, 7) is 4.93. The van der Waals surface area contributed by atoms with Crippen molar-refractivity contribution in [2.45, 2.75) is 76.3 Å². The lowest BCUT2D eigenvalue weighted by atomic mass is 10.0. The predicted molar refractivity (Wildman–Crippen MR) is 154 cm³/mol. The molecular weight excluding hydrogens is 476 g/mol. The third-order valence-corrected chi connectivity index (χ3v) is 8.48. The molecular formula is C32H48N2O4. The zero-order chi connectivity index (χ0) is 26.7. The van der Waals surface area contributed by atoms with Crippen molar-refractivity contribution in [1.82, 2.24) is 9.80 Å². The van der Waals surface area contributed by atoms with E-state index in [2.05, 4.69) is 34.1 Å². The average Bonchev–Trinajstić information content (AvgIpc) is 3.59. The molecule has 38 heavy (non-hydrogen) atoms. The van der Waals surface area contributed by atoms with Crippen LogP contribution in [0.25, 0.3) is 0 Å². The lowest BCUT2D eigenvalue weighted by Crippen LogP contribution is -2.32. The molecule has 2 aliphatic rings. The molecule has 210 valence electrons. The summed E-state index contributed by atoms with van der Waals surface area (Å²) < 4.78 is 21.8. The quantitative estimate of drug-likeness (QED) is 0.267. The minimum Gasteiger partial charge on any atom is -0.493 e. The zero-order valence-electron chi connectivity index (χ0n) is 24.0. The maximum Gasteiger partial charge on any atom is 0.160 e. The van der Waals surface area contributed by atoms with Crippen LogP contribution < -0.4 is 18.9 Å². The fourth-order valence-electron chi connectivity index (χ4n) is 6.38. The maximum atomic E-state index is 5.51. The van der Waals surface area contributed by atoms with E-state index < -0.39 is 0 Å². The van der Waals surface area contributed by atoms with E-state index in [1.54, 1.807) is 28.4 Å². The van der Waals surface area contributed by atoms with E-state index >= 15 is 0 Å². The van der Waals surface area contributed by atoms with Gasteiger partial charge in [0, 0.05) is 12.1 Å². The second-order valence-corrected chi connectivity index (χ2v) is 10.9. The van der Waals surface area contributed by atoms with E-state index in [0.29, 0.717) is 12.1 Å². The van der Waals surface area contributed by atoms with E-state index in [1.165, 1.54) is 88.7 Å². The van der Waals surface area contributed by atoms with Crippen molar-refractivity contribution in [1.29, 1.82) is 0 Å².